The second-order valence-corrected chi connectivity index (χ2v) is 7.96. The number of likely N-dealkylation sites (N-methyl/N-ethyl adjacent to an activating group) is 1. The fraction of sp³-hybridized carbons (Fsp3) is 0.667. The van der Waals surface area contributed by atoms with Crippen LogP contribution in [0.2, 0.25) is 0 Å². The third-order valence-corrected chi connectivity index (χ3v) is 6.06. The molecule has 1 N–H and O–H groups in total. The lowest BCUT2D eigenvalue weighted by atomic mass is 9.86. The Morgan fingerprint density at radius 2 is 1.85 bits per heavy atom. The number of piperazine rings is 1. The molecule has 1 aromatic carbocycles. The summed E-state index contributed by atoms with van der Waals surface area (Å²) >= 11 is 0. The fourth-order valence-corrected chi connectivity index (χ4v) is 4.41. The highest BCUT2D eigenvalue weighted by molar-refractivity contribution is 5.78. The van der Waals surface area contributed by atoms with Crippen LogP contribution in [0.5, 0.6) is 0 Å². The van der Waals surface area contributed by atoms with Crippen LogP contribution in [0.3, 0.4) is 0 Å². The lowest BCUT2D eigenvalue weighted by Crippen LogP contribution is -2.57. The van der Waals surface area contributed by atoms with E-state index >= 15 is 0 Å². The first-order chi connectivity index (χ1) is 13.1. The van der Waals surface area contributed by atoms with Crippen LogP contribution in [-0.4, -0.2) is 84.7 Å². The lowest BCUT2D eigenvalue weighted by Gasteiger charge is -2.46. The maximum Gasteiger partial charge on any atom is 0.227 e. The number of hydrogen-bond acceptors (Lipinski definition) is 4. The van der Waals surface area contributed by atoms with Crippen LogP contribution in [0.25, 0.3) is 0 Å². The van der Waals surface area contributed by atoms with E-state index in [1.807, 2.05) is 4.90 Å². The van der Waals surface area contributed by atoms with Crippen molar-refractivity contribution < 1.29 is 14.3 Å². The van der Waals surface area contributed by atoms with E-state index in [2.05, 4.69) is 16.8 Å². The molecule has 27 heavy (non-hydrogen) atoms. The quantitative estimate of drug-likeness (QED) is 0.818. The normalized spacial score (nSPS) is 24.9. The number of rotatable bonds is 6. The molecular formula is C21H32FN3O2. The Balaban J connectivity index is 1.60. The summed E-state index contributed by atoms with van der Waals surface area (Å²) in [6.45, 7) is 6.10. The first kappa shape index (κ1) is 20.2. The largest absolute Gasteiger partial charge is 0.396 e. The number of aliphatic hydroxyl groups excluding tert-OH is 1. The Morgan fingerprint density at radius 1 is 1.15 bits per heavy atom. The molecule has 2 aliphatic rings. The van der Waals surface area contributed by atoms with E-state index in [1.165, 1.54) is 12.1 Å². The summed E-state index contributed by atoms with van der Waals surface area (Å²) in [6, 6.07) is 6.69. The van der Waals surface area contributed by atoms with Gasteiger partial charge in [0.2, 0.25) is 5.91 Å². The van der Waals surface area contributed by atoms with Gasteiger partial charge >= 0.3 is 0 Å². The third kappa shape index (κ3) is 5.50. The van der Waals surface area contributed by atoms with Gasteiger partial charge in [-0.3, -0.25) is 9.69 Å². The molecular weight excluding hydrogens is 345 g/mol. The second-order valence-electron chi connectivity index (χ2n) is 7.96. The molecule has 0 spiro atoms. The lowest BCUT2D eigenvalue weighted by molar-refractivity contribution is -0.133. The van der Waals surface area contributed by atoms with Gasteiger partial charge in [-0.05, 0) is 49.9 Å². The number of aliphatic hydroxyl groups is 1. The first-order valence-corrected chi connectivity index (χ1v) is 10.1. The van der Waals surface area contributed by atoms with E-state index in [1.54, 1.807) is 12.1 Å². The van der Waals surface area contributed by atoms with E-state index in [0.717, 1.165) is 64.1 Å². The van der Waals surface area contributed by atoms with Crippen LogP contribution in [0.15, 0.2) is 24.3 Å². The summed E-state index contributed by atoms with van der Waals surface area (Å²) in [5.74, 6) is 0.252. The molecule has 1 amide bonds. The van der Waals surface area contributed by atoms with Crippen LogP contribution >= 0.6 is 0 Å². The molecule has 2 saturated heterocycles. The Labute approximate surface area is 161 Å². The van der Waals surface area contributed by atoms with Crippen molar-refractivity contribution in [3.05, 3.63) is 35.6 Å². The van der Waals surface area contributed by atoms with Crippen LogP contribution in [-0.2, 0) is 11.2 Å². The van der Waals surface area contributed by atoms with Crippen molar-refractivity contribution >= 4 is 5.91 Å². The molecule has 0 saturated carbocycles. The SMILES string of the molecule is CN1CCN([C@H]2CCN(C(=O)Cc3ccc(F)cc3)C[C@H]2CCCO)CC1. The van der Waals surface area contributed by atoms with Gasteiger partial charge in [0.1, 0.15) is 5.82 Å². The summed E-state index contributed by atoms with van der Waals surface area (Å²) in [6.07, 6.45) is 3.06. The zero-order valence-corrected chi connectivity index (χ0v) is 16.3. The summed E-state index contributed by atoms with van der Waals surface area (Å²) in [4.78, 5) is 19.7. The number of carbonyl (C=O) groups is 1. The van der Waals surface area contributed by atoms with E-state index in [4.69, 9.17) is 0 Å². The molecule has 2 heterocycles. The molecule has 2 fully saturated rings. The number of nitrogens with zero attached hydrogens (tertiary/aromatic N) is 3. The number of hydrogen-bond donors (Lipinski definition) is 1. The van der Waals surface area contributed by atoms with Gasteiger partial charge in [-0.1, -0.05) is 12.1 Å². The number of likely N-dealkylation sites (tertiary alicyclic amines) is 1. The Bertz CT molecular complexity index is 602. The minimum Gasteiger partial charge on any atom is -0.396 e. The summed E-state index contributed by atoms with van der Waals surface area (Å²) in [5.41, 5.74) is 0.856. The van der Waals surface area contributed by atoms with Crippen molar-refractivity contribution in [3.63, 3.8) is 0 Å². The third-order valence-electron chi connectivity index (χ3n) is 6.06. The van der Waals surface area contributed by atoms with Gasteiger partial charge in [-0.25, -0.2) is 4.39 Å². The highest BCUT2D eigenvalue weighted by Crippen LogP contribution is 2.27. The van der Waals surface area contributed by atoms with Gasteiger partial charge in [0.25, 0.3) is 0 Å². The number of benzene rings is 1. The van der Waals surface area contributed by atoms with Crippen molar-refractivity contribution in [2.45, 2.75) is 31.7 Å². The maximum atomic E-state index is 13.1. The van der Waals surface area contributed by atoms with Crippen LogP contribution < -0.4 is 0 Å². The molecule has 2 atom stereocenters. The molecule has 2 aliphatic heterocycles. The summed E-state index contributed by atoms with van der Waals surface area (Å²) in [5, 5.41) is 9.29. The molecule has 0 aliphatic carbocycles. The van der Waals surface area contributed by atoms with Crippen molar-refractivity contribution in [2.75, 3.05) is 52.9 Å². The van der Waals surface area contributed by atoms with Crippen molar-refractivity contribution in [2.24, 2.45) is 5.92 Å². The Morgan fingerprint density at radius 3 is 2.52 bits per heavy atom. The number of carbonyl (C=O) groups excluding carboxylic acids is 1. The molecule has 0 bridgehead atoms. The minimum absolute atomic E-state index is 0.118. The minimum atomic E-state index is -0.275. The predicted octanol–water partition coefficient (Wildman–Crippen LogP) is 1.61. The molecule has 6 heteroatoms. The molecule has 1 aromatic rings. The average molecular weight is 378 g/mol. The van der Waals surface area contributed by atoms with Crippen molar-refractivity contribution in [3.8, 4) is 0 Å². The molecule has 3 rings (SSSR count). The van der Waals surface area contributed by atoms with Crippen LogP contribution in [0.4, 0.5) is 4.39 Å². The topological polar surface area (TPSA) is 47.0 Å². The fourth-order valence-electron chi connectivity index (χ4n) is 4.41. The van der Waals surface area contributed by atoms with Crippen LogP contribution in [0.1, 0.15) is 24.8 Å². The number of halogens is 1. The van der Waals surface area contributed by atoms with E-state index < -0.39 is 0 Å². The molecule has 5 nitrogen and oxygen atoms in total. The highest BCUT2D eigenvalue weighted by Gasteiger charge is 2.35. The number of piperidine rings is 1. The molecule has 150 valence electrons. The van der Waals surface area contributed by atoms with Gasteiger partial charge in [0.05, 0.1) is 6.42 Å². The average Bonchev–Trinajstić information content (AvgIpc) is 2.68. The van der Waals surface area contributed by atoms with E-state index in [9.17, 15) is 14.3 Å². The van der Waals surface area contributed by atoms with Crippen molar-refractivity contribution in [1.82, 2.24) is 14.7 Å². The molecule has 0 aromatic heterocycles. The zero-order valence-electron chi connectivity index (χ0n) is 16.3. The van der Waals surface area contributed by atoms with Gasteiger partial charge in [-0.15, -0.1) is 0 Å². The van der Waals surface area contributed by atoms with Gasteiger partial charge < -0.3 is 14.9 Å². The Hall–Kier alpha value is -1.50. The van der Waals surface area contributed by atoms with E-state index in [-0.39, 0.29) is 18.3 Å². The van der Waals surface area contributed by atoms with Crippen LogP contribution in [0, 0.1) is 11.7 Å². The number of amides is 1. The molecule has 0 radical (unpaired) electrons. The first-order valence-electron chi connectivity index (χ1n) is 10.1. The van der Waals surface area contributed by atoms with Gasteiger partial charge in [0.15, 0.2) is 0 Å². The summed E-state index contributed by atoms with van der Waals surface area (Å²) < 4.78 is 13.1. The predicted molar refractivity (Wildman–Crippen MR) is 104 cm³/mol. The summed E-state index contributed by atoms with van der Waals surface area (Å²) in [7, 11) is 2.16. The Kier molecular flexibility index (Phi) is 7.21. The zero-order chi connectivity index (χ0) is 19.2. The molecule has 0 unspecified atom stereocenters. The van der Waals surface area contributed by atoms with E-state index in [0.29, 0.717) is 18.4 Å². The highest BCUT2D eigenvalue weighted by atomic mass is 19.1. The van der Waals surface area contributed by atoms with Gasteiger partial charge in [-0.2, -0.15) is 0 Å². The maximum absolute atomic E-state index is 13.1. The van der Waals surface area contributed by atoms with Crippen molar-refractivity contribution in [1.29, 1.82) is 0 Å². The standard InChI is InChI=1S/C21H32FN3O2/c1-23-10-12-24(13-11-23)20-8-9-25(16-18(20)3-2-14-26)21(27)15-17-4-6-19(22)7-5-17/h4-7,18,20,26H,2-3,8-16H2,1H3/t18-,20+/m1/s1. The van der Waals surface area contributed by atoms with Gasteiger partial charge in [0, 0.05) is 51.9 Å². The smallest absolute Gasteiger partial charge is 0.227 e. The monoisotopic (exact) mass is 377 g/mol. The second kappa shape index (κ2) is 9.62.